The van der Waals surface area contributed by atoms with Gasteiger partial charge in [-0.05, 0) is 36.2 Å². The lowest BCUT2D eigenvalue weighted by Crippen LogP contribution is -2.12. The average Bonchev–Trinajstić information content (AvgIpc) is 3.10. The minimum Gasteiger partial charge on any atom is -0.455 e. The summed E-state index contributed by atoms with van der Waals surface area (Å²) >= 11 is 0. The fraction of sp³-hybridized carbons (Fsp3) is 0.320. The smallest absolute Gasteiger partial charge is 0.268 e. The number of rotatable bonds is 6. The van der Waals surface area contributed by atoms with E-state index in [2.05, 4.69) is 40.8 Å². The quantitative estimate of drug-likeness (QED) is 0.484. The Morgan fingerprint density at radius 1 is 1.12 bits per heavy atom. The number of nitrogens with zero attached hydrogens (tertiary/aromatic N) is 4. The summed E-state index contributed by atoms with van der Waals surface area (Å²) in [5.74, 6) is 1.24. The van der Waals surface area contributed by atoms with Crippen molar-refractivity contribution in [3.63, 3.8) is 0 Å². The lowest BCUT2D eigenvalue weighted by atomic mass is 9.92. The van der Waals surface area contributed by atoms with Crippen LogP contribution in [-0.4, -0.2) is 30.5 Å². The molecule has 33 heavy (non-hydrogen) atoms. The van der Waals surface area contributed by atoms with Gasteiger partial charge in [-0.2, -0.15) is 5.10 Å². The molecule has 0 aliphatic carbocycles. The number of hydrogen-bond acceptors (Lipinski definition) is 6. The summed E-state index contributed by atoms with van der Waals surface area (Å²) in [5.41, 5.74) is 4.26. The molecule has 4 aromatic rings. The predicted octanol–water partition coefficient (Wildman–Crippen LogP) is 3.80. The minimum atomic E-state index is -0.322. The van der Waals surface area contributed by atoms with Gasteiger partial charge in [-0.25, -0.2) is 9.97 Å². The SMILES string of the molecule is Cc1cc(Oc2ccnc3[nH]c(=O)cnc23)ccc1CC(=O)Cc1cc(C(C)(C)C)nn1C. The van der Waals surface area contributed by atoms with Gasteiger partial charge in [0, 0.05) is 43.3 Å². The molecule has 8 heteroatoms. The standard InChI is InChI=1S/C25H27N5O3/c1-15-10-19(33-20-8-9-26-24-23(20)27-14-22(32)28-24)7-6-16(15)11-18(31)12-17-13-21(25(2,3)4)29-30(17)5/h6-10,13-14H,11-12H2,1-5H3,(H,26,28,32). The number of pyridine rings is 1. The van der Waals surface area contributed by atoms with Crippen LogP contribution in [0.25, 0.3) is 11.2 Å². The molecule has 0 saturated carbocycles. The number of carbonyl (C=O) groups excluding carboxylic acids is 1. The number of carbonyl (C=O) groups is 1. The van der Waals surface area contributed by atoms with Crippen LogP contribution >= 0.6 is 0 Å². The van der Waals surface area contributed by atoms with Gasteiger partial charge in [-0.3, -0.25) is 14.3 Å². The molecule has 0 radical (unpaired) electrons. The number of fused-ring (bicyclic) bond motifs is 1. The van der Waals surface area contributed by atoms with E-state index in [1.165, 1.54) is 6.20 Å². The molecule has 8 nitrogen and oxygen atoms in total. The van der Waals surface area contributed by atoms with Crippen LogP contribution in [0.5, 0.6) is 11.5 Å². The van der Waals surface area contributed by atoms with E-state index in [1.807, 2.05) is 38.2 Å². The summed E-state index contributed by atoms with van der Waals surface area (Å²) in [6.45, 7) is 8.28. The molecule has 1 N–H and O–H groups in total. The van der Waals surface area contributed by atoms with Crippen molar-refractivity contribution >= 4 is 16.9 Å². The summed E-state index contributed by atoms with van der Waals surface area (Å²) in [6.07, 6.45) is 3.43. The number of nitrogens with one attached hydrogen (secondary N) is 1. The maximum absolute atomic E-state index is 12.8. The fourth-order valence-corrected chi connectivity index (χ4v) is 3.58. The molecule has 0 saturated heterocycles. The summed E-state index contributed by atoms with van der Waals surface area (Å²) in [7, 11) is 1.88. The molecule has 0 atom stereocenters. The van der Waals surface area contributed by atoms with Crippen molar-refractivity contribution in [1.29, 1.82) is 0 Å². The van der Waals surface area contributed by atoms with Crippen molar-refractivity contribution in [1.82, 2.24) is 24.7 Å². The molecule has 1 aromatic carbocycles. The highest BCUT2D eigenvalue weighted by molar-refractivity contribution is 5.83. The van der Waals surface area contributed by atoms with Crippen molar-refractivity contribution in [3.05, 3.63) is 75.6 Å². The van der Waals surface area contributed by atoms with Gasteiger partial charge in [0.25, 0.3) is 5.56 Å². The molecule has 0 amide bonds. The molecular formula is C25H27N5O3. The van der Waals surface area contributed by atoms with Gasteiger partial charge in [0.1, 0.15) is 17.0 Å². The lowest BCUT2D eigenvalue weighted by molar-refractivity contribution is -0.117. The Kier molecular flexibility index (Phi) is 5.84. The summed E-state index contributed by atoms with van der Waals surface area (Å²) < 4.78 is 7.79. The van der Waals surface area contributed by atoms with Gasteiger partial charge in [0.15, 0.2) is 11.4 Å². The van der Waals surface area contributed by atoms with Crippen molar-refractivity contribution in [2.75, 3.05) is 0 Å². The second kappa shape index (κ2) is 8.61. The molecule has 0 fully saturated rings. The summed E-state index contributed by atoms with van der Waals surface area (Å²) in [5, 5.41) is 4.56. The second-order valence-corrected chi connectivity index (χ2v) is 9.23. The summed E-state index contributed by atoms with van der Waals surface area (Å²) in [4.78, 5) is 35.1. The van der Waals surface area contributed by atoms with Crippen molar-refractivity contribution in [2.45, 2.75) is 46.0 Å². The number of benzene rings is 1. The van der Waals surface area contributed by atoms with Crippen LogP contribution in [0.1, 0.15) is 43.3 Å². The molecule has 3 heterocycles. The maximum atomic E-state index is 12.8. The van der Waals surface area contributed by atoms with Crippen LogP contribution in [0, 0.1) is 6.92 Å². The molecule has 0 bridgehead atoms. The number of aryl methyl sites for hydroxylation is 2. The van der Waals surface area contributed by atoms with Crippen LogP contribution in [0.3, 0.4) is 0 Å². The van der Waals surface area contributed by atoms with Crippen molar-refractivity contribution in [3.8, 4) is 11.5 Å². The topological polar surface area (TPSA) is 103 Å². The number of ketones is 1. The van der Waals surface area contributed by atoms with E-state index in [4.69, 9.17) is 4.74 Å². The largest absolute Gasteiger partial charge is 0.455 e. The van der Waals surface area contributed by atoms with E-state index < -0.39 is 0 Å². The zero-order chi connectivity index (χ0) is 23.8. The first kappa shape index (κ1) is 22.4. The van der Waals surface area contributed by atoms with Gasteiger partial charge < -0.3 is 9.72 Å². The van der Waals surface area contributed by atoms with E-state index in [1.54, 1.807) is 16.9 Å². The molecule has 0 aliphatic heterocycles. The number of Topliss-reactive ketones (excluding diaryl/α,β-unsaturated/α-hetero) is 1. The first-order valence-electron chi connectivity index (χ1n) is 10.8. The Bertz CT molecular complexity index is 1400. The van der Waals surface area contributed by atoms with Gasteiger partial charge in [0.05, 0.1) is 11.9 Å². The number of ether oxygens (including phenoxy) is 1. The zero-order valence-corrected chi connectivity index (χ0v) is 19.5. The van der Waals surface area contributed by atoms with E-state index in [0.29, 0.717) is 35.5 Å². The predicted molar refractivity (Wildman–Crippen MR) is 126 cm³/mol. The highest BCUT2D eigenvalue weighted by atomic mass is 16.5. The van der Waals surface area contributed by atoms with E-state index in [-0.39, 0.29) is 16.8 Å². The molecule has 3 aromatic heterocycles. The molecule has 0 spiro atoms. The molecular weight excluding hydrogens is 418 g/mol. The van der Waals surface area contributed by atoms with Crippen LogP contribution in [0.2, 0.25) is 0 Å². The van der Waals surface area contributed by atoms with Gasteiger partial charge >= 0.3 is 0 Å². The van der Waals surface area contributed by atoms with Crippen LogP contribution in [0.15, 0.2) is 47.5 Å². The highest BCUT2D eigenvalue weighted by Crippen LogP contribution is 2.28. The molecule has 0 unspecified atom stereocenters. The third kappa shape index (κ3) is 5.00. The lowest BCUT2D eigenvalue weighted by Gasteiger charge is -2.13. The molecule has 4 rings (SSSR count). The number of aromatic nitrogens is 5. The Hall–Kier alpha value is -3.81. The van der Waals surface area contributed by atoms with Crippen LogP contribution in [-0.2, 0) is 30.1 Å². The Morgan fingerprint density at radius 3 is 2.61 bits per heavy atom. The number of aromatic amines is 1. The normalized spacial score (nSPS) is 11.7. The Morgan fingerprint density at radius 2 is 1.91 bits per heavy atom. The van der Waals surface area contributed by atoms with Crippen LogP contribution in [0.4, 0.5) is 0 Å². The Balaban J connectivity index is 1.48. The molecule has 0 aliphatic rings. The third-order valence-electron chi connectivity index (χ3n) is 5.49. The third-order valence-corrected chi connectivity index (χ3v) is 5.49. The first-order chi connectivity index (χ1) is 15.6. The number of hydrogen-bond donors (Lipinski definition) is 1. The van der Waals surface area contributed by atoms with E-state index in [0.717, 1.165) is 22.5 Å². The van der Waals surface area contributed by atoms with Gasteiger partial charge in [0.2, 0.25) is 0 Å². The van der Waals surface area contributed by atoms with E-state index >= 15 is 0 Å². The summed E-state index contributed by atoms with van der Waals surface area (Å²) in [6, 6.07) is 9.34. The fourth-order valence-electron chi connectivity index (χ4n) is 3.58. The minimum absolute atomic E-state index is 0.0591. The first-order valence-corrected chi connectivity index (χ1v) is 10.8. The second-order valence-electron chi connectivity index (χ2n) is 9.23. The zero-order valence-electron chi connectivity index (χ0n) is 19.5. The average molecular weight is 446 g/mol. The van der Waals surface area contributed by atoms with E-state index in [9.17, 15) is 9.59 Å². The van der Waals surface area contributed by atoms with Crippen molar-refractivity contribution < 1.29 is 9.53 Å². The number of H-pyrrole nitrogens is 1. The van der Waals surface area contributed by atoms with Gasteiger partial charge in [-0.1, -0.05) is 26.8 Å². The van der Waals surface area contributed by atoms with Crippen LogP contribution < -0.4 is 10.3 Å². The monoisotopic (exact) mass is 445 g/mol. The van der Waals surface area contributed by atoms with Gasteiger partial charge in [-0.15, -0.1) is 0 Å². The molecule has 170 valence electrons. The maximum Gasteiger partial charge on any atom is 0.268 e. The Labute approximate surface area is 191 Å². The van der Waals surface area contributed by atoms with Crippen molar-refractivity contribution in [2.24, 2.45) is 7.05 Å². The highest BCUT2D eigenvalue weighted by Gasteiger charge is 2.20.